The Balaban J connectivity index is 1.80. The van der Waals surface area contributed by atoms with E-state index in [0.717, 1.165) is 5.56 Å². The second-order valence-electron chi connectivity index (χ2n) is 6.92. The summed E-state index contributed by atoms with van der Waals surface area (Å²) in [6.07, 6.45) is -0.930. The zero-order valence-electron chi connectivity index (χ0n) is 16.5. The molecule has 1 aliphatic rings. The summed E-state index contributed by atoms with van der Waals surface area (Å²) < 4.78 is 10.9. The molecule has 8 heteroatoms. The third-order valence-electron chi connectivity index (χ3n) is 4.77. The van der Waals surface area contributed by atoms with Crippen LogP contribution < -0.4 is 11.1 Å². The van der Waals surface area contributed by atoms with Gasteiger partial charge in [0, 0.05) is 25.1 Å². The first-order valence-electron chi connectivity index (χ1n) is 9.76. The van der Waals surface area contributed by atoms with Crippen molar-refractivity contribution in [2.75, 3.05) is 26.3 Å². The Morgan fingerprint density at radius 3 is 2.20 bits per heavy atom. The topological polar surface area (TPSA) is 111 Å². The van der Waals surface area contributed by atoms with Gasteiger partial charge < -0.3 is 25.4 Å². The minimum absolute atomic E-state index is 0.190. The first-order chi connectivity index (χ1) is 14.5. The normalized spacial score (nSPS) is 15.7. The van der Waals surface area contributed by atoms with Gasteiger partial charge in [0.05, 0.1) is 13.2 Å². The van der Waals surface area contributed by atoms with Gasteiger partial charge in [0.15, 0.2) is 0 Å². The van der Waals surface area contributed by atoms with Gasteiger partial charge in [-0.3, -0.25) is 4.79 Å². The quantitative estimate of drug-likeness (QED) is 0.669. The van der Waals surface area contributed by atoms with Crippen LogP contribution in [0.3, 0.4) is 0 Å². The number of morpholine rings is 1. The van der Waals surface area contributed by atoms with Crippen LogP contribution in [0.4, 0.5) is 4.79 Å². The maximum atomic E-state index is 13.1. The number of nitrogens with zero attached hydrogens (tertiary/aromatic N) is 1. The van der Waals surface area contributed by atoms with Crippen molar-refractivity contribution in [1.82, 2.24) is 10.2 Å². The molecule has 2 atom stereocenters. The number of benzene rings is 2. The maximum absolute atomic E-state index is 13.1. The summed E-state index contributed by atoms with van der Waals surface area (Å²) in [4.78, 5) is 39.2. The van der Waals surface area contributed by atoms with Crippen LogP contribution in [0, 0.1) is 0 Å². The highest BCUT2D eigenvalue weighted by Gasteiger charge is 2.33. The molecule has 0 radical (unpaired) electrons. The highest BCUT2D eigenvalue weighted by atomic mass is 16.6. The number of carbonyl (C=O) groups is 3. The number of primary amides is 1. The van der Waals surface area contributed by atoms with Crippen LogP contribution in [0.15, 0.2) is 60.7 Å². The maximum Gasteiger partial charge on any atom is 0.330 e. The second kappa shape index (κ2) is 10.4. The predicted octanol–water partition coefficient (Wildman–Crippen LogP) is 1.41. The highest BCUT2D eigenvalue weighted by Crippen LogP contribution is 2.22. The lowest BCUT2D eigenvalue weighted by Gasteiger charge is -2.31. The van der Waals surface area contributed by atoms with E-state index in [9.17, 15) is 14.4 Å². The van der Waals surface area contributed by atoms with Gasteiger partial charge in [-0.2, -0.15) is 0 Å². The van der Waals surface area contributed by atoms with E-state index in [1.807, 2.05) is 36.4 Å². The molecule has 3 amide bonds. The molecule has 1 heterocycles. The molecule has 0 aliphatic carbocycles. The molecule has 2 aromatic rings. The monoisotopic (exact) mass is 411 g/mol. The van der Waals surface area contributed by atoms with Crippen molar-refractivity contribution in [3.8, 4) is 0 Å². The van der Waals surface area contributed by atoms with Gasteiger partial charge in [-0.25, -0.2) is 9.59 Å². The molecule has 30 heavy (non-hydrogen) atoms. The molecule has 1 aliphatic heterocycles. The largest absolute Gasteiger partial charge is 0.446 e. The summed E-state index contributed by atoms with van der Waals surface area (Å²) in [6, 6.07) is 16.1. The fraction of sp³-hybridized carbons (Fsp3) is 0.318. The summed E-state index contributed by atoms with van der Waals surface area (Å²) in [5.74, 6) is -1.05. The SMILES string of the molecule is NC(=O)N[C@@H](Cc1ccccc1)C(=O)O[C@@H](C(=O)N1CCOCC1)c1ccccc1. The third-order valence-corrected chi connectivity index (χ3v) is 4.77. The molecule has 1 saturated heterocycles. The standard InChI is InChI=1S/C22H25N3O5/c23-22(28)24-18(15-16-7-3-1-4-8-16)21(27)30-19(17-9-5-2-6-10-17)20(26)25-11-13-29-14-12-25/h1-10,18-19H,11-15H2,(H3,23,24,28)/t18-,19+/m0/s1. The summed E-state index contributed by atoms with van der Waals surface area (Å²) in [7, 11) is 0. The van der Waals surface area contributed by atoms with Crippen molar-refractivity contribution in [3.63, 3.8) is 0 Å². The van der Waals surface area contributed by atoms with Crippen molar-refractivity contribution in [1.29, 1.82) is 0 Å². The minimum Gasteiger partial charge on any atom is -0.446 e. The fourth-order valence-corrected chi connectivity index (χ4v) is 3.25. The Morgan fingerprint density at radius 1 is 1.00 bits per heavy atom. The Morgan fingerprint density at radius 2 is 1.60 bits per heavy atom. The summed E-state index contributed by atoms with van der Waals surface area (Å²) in [5.41, 5.74) is 6.64. The van der Waals surface area contributed by atoms with Gasteiger partial charge in [0.2, 0.25) is 6.10 Å². The van der Waals surface area contributed by atoms with Gasteiger partial charge in [0.1, 0.15) is 6.04 Å². The molecule has 158 valence electrons. The number of hydrogen-bond donors (Lipinski definition) is 2. The van der Waals surface area contributed by atoms with Crippen molar-refractivity contribution >= 4 is 17.9 Å². The van der Waals surface area contributed by atoms with Crippen LogP contribution in [-0.2, 0) is 25.5 Å². The van der Waals surface area contributed by atoms with Crippen LogP contribution >= 0.6 is 0 Å². The summed E-state index contributed by atoms with van der Waals surface area (Å²) in [6.45, 7) is 1.71. The Kier molecular flexibility index (Phi) is 7.40. The zero-order chi connectivity index (χ0) is 21.3. The Bertz CT molecular complexity index is 854. The number of esters is 1. The number of nitrogens with two attached hydrogens (primary N) is 1. The number of hydrogen-bond acceptors (Lipinski definition) is 5. The van der Waals surface area contributed by atoms with E-state index in [0.29, 0.717) is 31.9 Å². The van der Waals surface area contributed by atoms with E-state index in [1.54, 1.807) is 29.2 Å². The lowest BCUT2D eigenvalue weighted by atomic mass is 10.1. The molecule has 0 spiro atoms. The molecule has 0 saturated carbocycles. The van der Waals surface area contributed by atoms with E-state index in [4.69, 9.17) is 15.2 Å². The van der Waals surface area contributed by atoms with Gasteiger partial charge in [-0.15, -0.1) is 0 Å². The molecule has 0 unspecified atom stereocenters. The average molecular weight is 411 g/mol. The van der Waals surface area contributed by atoms with Crippen LogP contribution in [0.1, 0.15) is 17.2 Å². The van der Waals surface area contributed by atoms with E-state index in [1.165, 1.54) is 0 Å². The molecule has 0 bridgehead atoms. The van der Waals surface area contributed by atoms with E-state index >= 15 is 0 Å². The van der Waals surface area contributed by atoms with Crippen molar-refractivity contribution in [2.45, 2.75) is 18.6 Å². The Labute approximate surface area is 174 Å². The lowest BCUT2D eigenvalue weighted by molar-refractivity contribution is -0.164. The number of carbonyl (C=O) groups excluding carboxylic acids is 3. The minimum atomic E-state index is -1.12. The van der Waals surface area contributed by atoms with E-state index in [2.05, 4.69) is 5.32 Å². The molecule has 3 N–H and O–H groups in total. The van der Waals surface area contributed by atoms with Crippen LogP contribution in [0.25, 0.3) is 0 Å². The molecular formula is C22H25N3O5. The third kappa shape index (κ3) is 5.81. The zero-order valence-corrected chi connectivity index (χ0v) is 16.5. The van der Waals surface area contributed by atoms with Gasteiger partial charge in [0.25, 0.3) is 5.91 Å². The smallest absolute Gasteiger partial charge is 0.330 e. The van der Waals surface area contributed by atoms with Crippen molar-refractivity contribution in [3.05, 3.63) is 71.8 Å². The average Bonchev–Trinajstić information content (AvgIpc) is 2.78. The van der Waals surface area contributed by atoms with Crippen molar-refractivity contribution < 1.29 is 23.9 Å². The van der Waals surface area contributed by atoms with Crippen LogP contribution in [0.5, 0.6) is 0 Å². The fourth-order valence-electron chi connectivity index (χ4n) is 3.25. The first-order valence-corrected chi connectivity index (χ1v) is 9.76. The Hall–Kier alpha value is -3.39. The number of rotatable bonds is 7. The number of urea groups is 1. The van der Waals surface area contributed by atoms with E-state index < -0.39 is 24.1 Å². The van der Waals surface area contributed by atoms with Crippen LogP contribution in [0.2, 0.25) is 0 Å². The number of ether oxygens (including phenoxy) is 2. The molecular weight excluding hydrogens is 386 g/mol. The first kappa shape index (κ1) is 21.3. The molecule has 1 fully saturated rings. The molecule has 8 nitrogen and oxygen atoms in total. The predicted molar refractivity (Wildman–Crippen MR) is 109 cm³/mol. The highest BCUT2D eigenvalue weighted by molar-refractivity contribution is 5.88. The molecule has 0 aromatic heterocycles. The van der Waals surface area contributed by atoms with Crippen LogP contribution in [-0.4, -0.2) is 55.2 Å². The van der Waals surface area contributed by atoms with Crippen molar-refractivity contribution in [2.24, 2.45) is 5.73 Å². The summed E-state index contributed by atoms with van der Waals surface area (Å²) >= 11 is 0. The van der Waals surface area contributed by atoms with Gasteiger partial charge >= 0.3 is 12.0 Å². The molecule has 2 aromatic carbocycles. The van der Waals surface area contributed by atoms with Gasteiger partial charge in [-0.1, -0.05) is 60.7 Å². The lowest BCUT2D eigenvalue weighted by Crippen LogP contribution is -2.48. The summed E-state index contributed by atoms with van der Waals surface area (Å²) in [5, 5.41) is 2.42. The number of nitrogens with one attached hydrogen (secondary N) is 1. The van der Waals surface area contributed by atoms with Gasteiger partial charge in [-0.05, 0) is 5.56 Å². The molecule has 3 rings (SSSR count). The number of amides is 3. The second-order valence-corrected chi connectivity index (χ2v) is 6.92. The van der Waals surface area contributed by atoms with E-state index in [-0.39, 0.29) is 12.3 Å².